The summed E-state index contributed by atoms with van der Waals surface area (Å²) in [6.45, 7) is 1.27. The van der Waals surface area contributed by atoms with Gasteiger partial charge in [-0.2, -0.15) is 0 Å². The molecular weight excluding hydrogens is 154 g/mol. The molecule has 0 heterocycles. The van der Waals surface area contributed by atoms with Gasteiger partial charge < -0.3 is 4.90 Å². The number of rotatable bonds is 3. The van der Waals surface area contributed by atoms with Gasteiger partial charge in [0.2, 0.25) is 0 Å². The van der Waals surface area contributed by atoms with Crippen LogP contribution in [-0.2, 0) is 0 Å². The highest BCUT2D eigenvalue weighted by molar-refractivity contribution is 9.09. The predicted octanol–water partition coefficient (Wildman–Crippen LogP) is -0.0841. The second kappa shape index (κ2) is 4.60. The van der Waals surface area contributed by atoms with Crippen molar-refractivity contribution in [3.8, 4) is 0 Å². The second-order valence-corrected chi connectivity index (χ2v) is 2.79. The van der Waals surface area contributed by atoms with Crippen molar-refractivity contribution in [1.29, 1.82) is 0 Å². The zero-order valence-electron chi connectivity index (χ0n) is 5.00. The Labute approximate surface area is 53.8 Å². The number of nitrogens with one attached hydrogen (secondary N) is 1. The lowest BCUT2D eigenvalue weighted by molar-refractivity contribution is -0.858. The first-order valence-corrected chi connectivity index (χ1v) is 3.74. The van der Waals surface area contributed by atoms with E-state index in [2.05, 4.69) is 30.0 Å². The maximum Gasteiger partial charge on any atom is 0.0774 e. The van der Waals surface area contributed by atoms with E-state index in [1.54, 1.807) is 0 Å². The summed E-state index contributed by atoms with van der Waals surface area (Å²) in [6, 6.07) is 0. The smallest absolute Gasteiger partial charge is 0.0774 e. The van der Waals surface area contributed by atoms with Gasteiger partial charge in [0.15, 0.2) is 0 Å². The summed E-state index contributed by atoms with van der Waals surface area (Å²) in [5.41, 5.74) is 0. The van der Waals surface area contributed by atoms with E-state index < -0.39 is 0 Å². The minimum atomic E-state index is 1.14. The highest BCUT2D eigenvalue weighted by atomic mass is 79.9. The summed E-state index contributed by atoms with van der Waals surface area (Å²) in [4.78, 5) is 1.53. The predicted molar refractivity (Wildman–Crippen MR) is 36.1 cm³/mol. The third-order valence-corrected chi connectivity index (χ3v) is 1.37. The average Bonchev–Trinajstić information content (AvgIpc) is 1.61. The molecule has 0 amide bonds. The molecule has 0 bridgehead atoms. The van der Waals surface area contributed by atoms with E-state index in [0.29, 0.717) is 0 Å². The Hall–Kier alpha value is 0.440. The van der Waals surface area contributed by atoms with Crippen LogP contribution in [-0.4, -0.2) is 26.0 Å². The standard InChI is InChI=1S/C5H12BrN/c1-7(2)5-3-4-6/h3-5H2,1-2H3/p+1. The molecule has 0 aromatic rings. The van der Waals surface area contributed by atoms with Crippen LogP contribution in [0, 0.1) is 0 Å². The first-order chi connectivity index (χ1) is 3.27. The van der Waals surface area contributed by atoms with Crippen LogP contribution in [0.25, 0.3) is 0 Å². The van der Waals surface area contributed by atoms with Crippen LogP contribution in [0.5, 0.6) is 0 Å². The zero-order valence-corrected chi connectivity index (χ0v) is 6.59. The molecular formula is C5H13BrN+. The molecule has 0 atom stereocenters. The Morgan fingerprint density at radius 1 is 1.43 bits per heavy atom. The van der Waals surface area contributed by atoms with E-state index in [1.165, 1.54) is 17.9 Å². The maximum absolute atomic E-state index is 3.36. The molecule has 1 N–H and O–H groups in total. The second-order valence-electron chi connectivity index (χ2n) is 2.00. The summed E-state index contributed by atoms with van der Waals surface area (Å²) >= 11 is 3.36. The van der Waals surface area contributed by atoms with Crippen molar-refractivity contribution in [2.45, 2.75) is 6.42 Å². The van der Waals surface area contributed by atoms with E-state index in [0.717, 1.165) is 5.33 Å². The average molecular weight is 167 g/mol. The van der Waals surface area contributed by atoms with Crippen molar-refractivity contribution < 1.29 is 4.90 Å². The van der Waals surface area contributed by atoms with Crippen molar-refractivity contribution in [1.82, 2.24) is 0 Å². The molecule has 0 rings (SSSR count). The molecule has 1 nitrogen and oxygen atoms in total. The first kappa shape index (κ1) is 7.44. The maximum atomic E-state index is 3.36. The highest BCUT2D eigenvalue weighted by Gasteiger charge is 1.87. The van der Waals surface area contributed by atoms with Gasteiger partial charge in [-0.1, -0.05) is 15.9 Å². The SMILES string of the molecule is C[NH+](C)CCCBr. The third-order valence-electron chi connectivity index (χ3n) is 0.810. The van der Waals surface area contributed by atoms with Gasteiger partial charge in [-0.05, 0) is 0 Å². The van der Waals surface area contributed by atoms with E-state index in [1.807, 2.05) is 0 Å². The Morgan fingerprint density at radius 3 is 2.14 bits per heavy atom. The van der Waals surface area contributed by atoms with Crippen molar-refractivity contribution >= 4 is 15.9 Å². The summed E-state index contributed by atoms with van der Waals surface area (Å²) in [5.74, 6) is 0. The lowest BCUT2D eigenvalue weighted by Gasteiger charge is -2.02. The fourth-order valence-electron chi connectivity index (χ4n) is 0.420. The summed E-state index contributed by atoms with van der Waals surface area (Å²) in [7, 11) is 4.34. The third kappa shape index (κ3) is 6.44. The Morgan fingerprint density at radius 2 is 2.00 bits per heavy atom. The van der Waals surface area contributed by atoms with Gasteiger partial charge in [-0.25, -0.2) is 0 Å². The summed E-state index contributed by atoms with van der Waals surface area (Å²) < 4.78 is 0. The molecule has 0 saturated heterocycles. The molecule has 0 aromatic carbocycles. The van der Waals surface area contributed by atoms with Gasteiger partial charge >= 0.3 is 0 Å². The summed E-state index contributed by atoms with van der Waals surface area (Å²) in [5, 5.41) is 1.14. The van der Waals surface area contributed by atoms with E-state index in [-0.39, 0.29) is 0 Å². The molecule has 0 fully saturated rings. The van der Waals surface area contributed by atoms with Crippen molar-refractivity contribution in [3.63, 3.8) is 0 Å². The van der Waals surface area contributed by atoms with Gasteiger partial charge in [-0.15, -0.1) is 0 Å². The van der Waals surface area contributed by atoms with Crippen LogP contribution in [0.2, 0.25) is 0 Å². The number of hydrogen-bond donors (Lipinski definition) is 1. The largest absolute Gasteiger partial charge is 0.340 e. The van der Waals surface area contributed by atoms with E-state index in [9.17, 15) is 0 Å². The molecule has 7 heavy (non-hydrogen) atoms. The monoisotopic (exact) mass is 166 g/mol. The molecule has 0 aliphatic heterocycles. The van der Waals surface area contributed by atoms with Crippen LogP contribution < -0.4 is 4.90 Å². The molecule has 0 unspecified atom stereocenters. The van der Waals surface area contributed by atoms with E-state index >= 15 is 0 Å². The highest BCUT2D eigenvalue weighted by Crippen LogP contribution is 1.80. The molecule has 0 radical (unpaired) electrons. The number of alkyl halides is 1. The molecule has 0 spiro atoms. The van der Waals surface area contributed by atoms with Crippen LogP contribution in [0.4, 0.5) is 0 Å². The zero-order chi connectivity index (χ0) is 5.70. The van der Waals surface area contributed by atoms with Crippen LogP contribution in [0.3, 0.4) is 0 Å². The van der Waals surface area contributed by atoms with Crippen LogP contribution >= 0.6 is 15.9 Å². The number of halogens is 1. The Kier molecular flexibility index (Phi) is 4.88. The quantitative estimate of drug-likeness (QED) is 0.560. The topological polar surface area (TPSA) is 4.44 Å². The number of quaternary nitrogens is 1. The normalized spacial score (nSPS) is 10.3. The Balaban J connectivity index is 2.68. The fourth-order valence-corrected chi connectivity index (χ4v) is 0.701. The van der Waals surface area contributed by atoms with Crippen molar-refractivity contribution in [2.75, 3.05) is 26.0 Å². The Bertz CT molecular complexity index is 37.1. The van der Waals surface area contributed by atoms with Crippen molar-refractivity contribution in [3.05, 3.63) is 0 Å². The van der Waals surface area contributed by atoms with Crippen LogP contribution in [0.1, 0.15) is 6.42 Å². The number of hydrogen-bond acceptors (Lipinski definition) is 0. The minimum absolute atomic E-state index is 1.14. The lowest BCUT2D eigenvalue weighted by Crippen LogP contribution is -3.05. The van der Waals surface area contributed by atoms with Gasteiger partial charge in [0.05, 0.1) is 20.6 Å². The molecule has 2 heteroatoms. The lowest BCUT2D eigenvalue weighted by atomic mass is 10.5. The van der Waals surface area contributed by atoms with Crippen LogP contribution in [0.15, 0.2) is 0 Å². The van der Waals surface area contributed by atoms with Crippen molar-refractivity contribution in [2.24, 2.45) is 0 Å². The molecule has 44 valence electrons. The van der Waals surface area contributed by atoms with Gasteiger partial charge in [0.25, 0.3) is 0 Å². The summed E-state index contributed by atoms with van der Waals surface area (Å²) in [6.07, 6.45) is 1.28. The fraction of sp³-hybridized carbons (Fsp3) is 1.00. The van der Waals surface area contributed by atoms with Gasteiger partial charge in [-0.3, -0.25) is 0 Å². The molecule has 0 aliphatic carbocycles. The first-order valence-electron chi connectivity index (χ1n) is 2.62. The van der Waals surface area contributed by atoms with Gasteiger partial charge in [0, 0.05) is 11.8 Å². The minimum Gasteiger partial charge on any atom is -0.340 e. The molecule has 0 aromatic heterocycles. The molecule has 0 saturated carbocycles. The van der Waals surface area contributed by atoms with E-state index in [4.69, 9.17) is 0 Å². The molecule has 0 aliphatic rings. The van der Waals surface area contributed by atoms with Gasteiger partial charge in [0.1, 0.15) is 0 Å².